The summed E-state index contributed by atoms with van der Waals surface area (Å²) in [6, 6.07) is 11.7. The van der Waals surface area contributed by atoms with Crippen LogP contribution >= 0.6 is 0 Å². The number of nitro groups is 1. The Kier molecular flexibility index (Phi) is 4.95. The second kappa shape index (κ2) is 7.31. The maximum Gasteiger partial charge on any atom is 0.314 e. The lowest BCUT2D eigenvalue weighted by Crippen LogP contribution is -2.21. The summed E-state index contributed by atoms with van der Waals surface area (Å²) in [6.45, 7) is 0.537. The van der Waals surface area contributed by atoms with Gasteiger partial charge in [0.2, 0.25) is 0 Å². The van der Waals surface area contributed by atoms with Crippen LogP contribution in [-0.4, -0.2) is 24.6 Å². The molecule has 1 aliphatic heterocycles. The highest BCUT2D eigenvalue weighted by Gasteiger charge is 2.25. The van der Waals surface area contributed by atoms with Crippen molar-refractivity contribution in [2.75, 3.05) is 13.7 Å². The molecule has 0 saturated carbocycles. The van der Waals surface area contributed by atoms with Crippen LogP contribution in [0.25, 0.3) is 0 Å². The smallest absolute Gasteiger partial charge is 0.314 e. The van der Waals surface area contributed by atoms with Crippen LogP contribution in [0.15, 0.2) is 42.5 Å². The number of carbonyl (C=O) groups excluding carboxylic acids is 1. The summed E-state index contributed by atoms with van der Waals surface area (Å²) in [4.78, 5) is 22.7. The predicted octanol–water partition coefficient (Wildman–Crippen LogP) is 3.21. The third-order valence-electron chi connectivity index (χ3n) is 4.03. The monoisotopic (exact) mass is 343 g/mol. The van der Waals surface area contributed by atoms with Crippen LogP contribution < -0.4 is 9.47 Å². The van der Waals surface area contributed by atoms with E-state index in [-0.39, 0.29) is 29.7 Å². The molecule has 2 aromatic carbocycles. The number of carbonyl (C=O) groups is 1. The van der Waals surface area contributed by atoms with Gasteiger partial charge in [0.1, 0.15) is 0 Å². The molecule has 0 spiro atoms. The first-order valence-electron chi connectivity index (χ1n) is 7.81. The molecule has 1 aliphatic rings. The highest BCUT2D eigenvalue weighted by Crippen LogP contribution is 2.33. The maximum atomic E-state index is 12.3. The average molecular weight is 343 g/mol. The van der Waals surface area contributed by atoms with Gasteiger partial charge in [-0.05, 0) is 23.6 Å². The molecule has 3 rings (SSSR count). The number of fused-ring (bicyclic) bond motifs is 1. The van der Waals surface area contributed by atoms with Crippen molar-refractivity contribution in [1.29, 1.82) is 0 Å². The van der Waals surface area contributed by atoms with Crippen LogP contribution in [0.3, 0.4) is 0 Å². The lowest BCUT2D eigenvalue weighted by molar-refractivity contribution is -0.384. The number of rotatable bonds is 5. The van der Waals surface area contributed by atoms with Crippen molar-refractivity contribution in [1.82, 2.24) is 0 Å². The summed E-state index contributed by atoms with van der Waals surface area (Å²) in [5.41, 5.74) is 1.94. The summed E-state index contributed by atoms with van der Waals surface area (Å²) in [5, 5.41) is 10.9. The molecule has 0 amide bonds. The second-order valence-corrected chi connectivity index (χ2v) is 5.58. The van der Waals surface area contributed by atoms with Gasteiger partial charge in [-0.3, -0.25) is 14.9 Å². The van der Waals surface area contributed by atoms with Crippen molar-refractivity contribution in [3.05, 3.63) is 63.7 Å². The lowest BCUT2D eigenvalue weighted by atomic mass is 9.96. The first kappa shape index (κ1) is 16.9. The van der Waals surface area contributed by atoms with Crippen molar-refractivity contribution in [3.63, 3.8) is 0 Å². The highest BCUT2D eigenvalue weighted by molar-refractivity contribution is 5.74. The van der Waals surface area contributed by atoms with Gasteiger partial charge < -0.3 is 14.2 Å². The summed E-state index contributed by atoms with van der Waals surface area (Å²) < 4.78 is 16.1. The second-order valence-electron chi connectivity index (χ2n) is 5.58. The molecule has 7 nitrogen and oxygen atoms in total. The maximum absolute atomic E-state index is 12.3. The van der Waals surface area contributed by atoms with Crippen LogP contribution in [0.2, 0.25) is 0 Å². The lowest BCUT2D eigenvalue weighted by Gasteiger charge is -2.25. The Bertz CT molecular complexity index is 804. The predicted molar refractivity (Wildman–Crippen MR) is 88.7 cm³/mol. The molecular formula is C18H17NO6. The Hall–Kier alpha value is -2.93. The molecule has 0 radical (unpaired) electrons. The van der Waals surface area contributed by atoms with Gasteiger partial charge in [0.25, 0.3) is 5.69 Å². The van der Waals surface area contributed by atoms with Gasteiger partial charge in [-0.1, -0.05) is 24.3 Å². The van der Waals surface area contributed by atoms with E-state index in [2.05, 4.69) is 0 Å². The Morgan fingerprint density at radius 2 is 2.08 bits per heavy atom. The van der Waals surface area contributed by atoms with Gasteiger partial charge in [0, 0.05) is 6.07 Å². The van der Waals surface area contributed by atoms with E-state index in [1.54, 1.807) is 0 Å². The van der Waals surface area contributed by atoms with Crippen LogP contribution in [0, 0.1) is 10.1 Å². The minimum Gasteiger partial charge on any atom is -0.493 e. The topological polar surface area (TPSA) is 87.9 Å². The van der Waals surface area contributed by atoms with E-state index in [0.717, 1.165) is 17.5 Å². The van der Waals surface area contributed by atoms with Gasteiger partial charge in [0.05, 0.1) is 37.2 Å². The summed E-state index contributed by atoms with van der Waals surface area (Å²) >= 11 is 0. The Morgan fingerprint density at radius 1 is 1.28 bits per heavy atom. The van der Waals surface area contributed by atoms with Crippen LogP contribution in [-0.2, 0) is 16.0 Å². The zero-order valence-electron chi connectivity index (χ0n) is 13.6. The fourth-order valence-electron chi connectivity index (χ4n) is 2.82. The van der Waals surface area contributed by atoms with E-state index in [1.165, 1.54) is 25.3 Å². The molecular weight excluding hydrogens is 326 g/mol. The Morgan fingerprint density at radius 3 is 2.84 bits per heavy atom. The number of nitro benzene ring substituents is 1. The molecule has 130 valence electrons. The molecule has 7 heteroatoms. The minimum atomic E-state index is -0.558. The SMILES string of the molecule is COc1ccc([N+](=O)[O-])cc1OC(=O)CC1OCCc2ccccc21. The molecule has 0 N–H and O–H groups in total. The number of methoxy groups -OCH3 is 1. The first-order valence-corrected chi connectivity index (χ1v) is 7.81. The number of benzene rings is 2. The van der Waals surface area contributed by atoms with Crippen molar-refractivity contribution < 1.29 is 23.9 Å². The molecule has 1 unspecified atom stereocenters. The summed E-state index contributed by atoms with van der Waals surface area (Å²) in [5.74, 6) is -0.268. The number of nitrogens with zero attached hydrogens (tertiary/aromatic N) is 1. The molecule has 25 heavy (non-hydrogen) atoms. The molecule has 2 aromatic rings. The highest BCUT2D eigenvalue weighted by atomic mass is 16.6. The van der Waals surface area contributed by atoms with Gasteiger partial charge in [-0.2, -0.15) is 0 Å². The van der Waals surface area contributed by atoms with E-state index in [0.29, 0.717) is 6.61 Å². The standard InChI is InChI=1S/C18H17NO6/c1-23-15-7-6-13(19(21)22)10-17(15)25-18(20)11-16-14-5-3-2-4-12(14)8-9-24-16/h2-7,10,16H,8-9,11H2,1H3. The zero-order valence-corrected chi connectivity index (χ0v) is 13.6. The van der Waals surface area contributed by atoms with E-state index >= 15 is 0 Å². The molecule has 0 aliphatic carbocycles. The van der Waals surface area contributed by atoms with Crippen molar-refractivity contribution in [3.8, 4) is 11.5 Å². The molecule has 0 aromatic heterocycles. The first-order chi connectivity index (χ1) is 12.1. The summed E-state index contributed by atoms with van der Waals surface area (Å²) in [6.07, 6.45) is 0.436. The third-order valence-corrected chi connectivity index (χ3v) is 4.03. The van der Waals surface area contributed by atoms with Crippen LogP contribution in [0.5, 0.6) is 11.5 Å². The third kappa shape index (κ3) is 3.77. The van der Waals surface area contributed by atoms with Gasteiger partial charge in [-0.25, -0.2) is 0 Å². The largest absolute Gasteiger partial charge is 0.493 e. The Labute approximate surface area is 144 Å². The van der Waals surface area contributed by atoms with Gasteiger partial charge in [0.15, 0.2) is 11.5 Å². The van der Waals surface area contributed by atoms with Crippen LogP contribution in [0.1, 0.15) is 23.7 Å². The van der Waals surface area contributed by atoms with Crippen LogP contribution in [0.4, 0.5) is 5.69 Å². The number of ether oxygens (including phenoxy) is 3. The number of esters is 1. The number of non-ortho nitro benzene ring substituents is 1. The van der Waals surface area contributed by atoms with Crippen molar-refractivity contribution in [2.45, 2.75) is 18.9 Å². The zero-order chi connectivity index (χ0) is 17.8. The average Bonchev–Trinajstić information content (AvgIpc) is 2.62. The van der Waals surface area contributed by atoms with Gasteiger partial charge in [-0.15, -0.1) is 0 Å². The fraction of sp³-hybridized carbons (Fsp3) is 0.278. The molecule has 0 fully saturated rings. The van der Waals surface area contributed by atoms with Crippen molar-refractivity contribution >= 4 is 11.7 Å². The fourth-order valence-corrected chi connectivity index (χ4v) is 2.82. The van der Waals surface area contributed by atoms with Crippen molar-refractivity contribution in [2.24, 2.45) is 0 Å². The van der Waals surface area contributed by atoms with E-state index in [4.69, 9.17) is 14.2 Å². The Balaban J connectivity index is 1.75. The van der Waals surface area contributed by atoms with E-state index in [9.17, 15) is 14.9 Å². The quantitative estimate of drug-likeness (QED) is 0.358. The molecule has 0 saturated heterocycles. The minimum absolute atomic E-state index is 0.0167. The number of hydrogen-bond donors (Lipinski definition) is 0. The van der Waals surface area contributed by atoms with E-state index < -0.39 is 10.9 Å². The molecule has 1 heterocycles. The summed E-state index contributed by atoms with van der Waals surface area (Å²) in [7, 11) is 1.40. The molecule has 1 atom stereocenters. The molecule has 0 bridgehead atoms. The van der Waals surface area contributed by atoms with E-state index in [1.807, 2.05) is 24.3 Å². The number of hydrogen-bond acceptors (Lipinski definition) is 6. The normalized spacial score (nSPS) is 16.0. The van der Waals surface area contributed by atoms with Gasteiger partial charge >= 0.3 is 5.97 Å².